The van der Waals surface area contributed by atoms with Crippen molar-refractivity contribution >= 4 is 23.4 Å². The van der Waals surface area contributed by atoms with Gasteiger partial charge in [-0.05, 0) is 55.3 Å². The average molecular weight is 281 g/mol. The van der Waals surface area contributed by atoms with Crippen LogP contribution < -0.4 is 4.90 Å². The van der Waals surface area contributed by atoms with Crippen LogP contribution in [0.15, 0.2) is 48.5 Å². The predicted molar refractivity (Wildman–Crippen MR) is 87.1 cm³/mol. The fourth-order valence-corrected chi connectivity index (χ4v) is 2.23. The van der Waals surface area contributed by atoms with Gasteiger partial charge in [0.25, 0.3) is 0 Å². The summed E-state index contributed by atoms with van der Waals surface area (Å²) in [5, 5.41) is 8.66. The minimum Gasteiger partial charge on any atom is -0.478 e. The van der Waals surface area contributed by atoms with Crippen molar-refractivity contribution in [2.75, 3.05) is 11.9 Å². The number of carbonyl (C=O) groups is 1. The van der Waals surface area contributed by atoms with Crippen LogP contribution in [0.2, 0.25) is 0 Å². The van der Waals surface area contributed by atoms with E-state index in [9.17, 15) is 4.79 Å². The Labute approximate surface area is 125 Å². The molecule has 0 aliphatic heterocycles. The highest BCUT2D eigenvalue weighted by atomic mass is 16.4. The van der Waals surface area contributed by atoms with Crippen LogP contribution in [0.25, 0.3) is 6.08 Å². The van der Waals surface area contributed by atoms with Gasteiger partial charge in [-0.25, -0.2) is 4.79 Å². The molecule has 108 valence electrons. The standard InChI is InChI=1S/C18H19NO2/c1-13-4-8-16(9-5-13)19(3)17-10-6-15(12-14(17)2)7-11-18(20)21/h4-12H,1-3H3,(H,20,21). The van der Waals surface area contributed by atoms with Gasteiger partial charge in [0.2, 0.25) is 0 Å². The molecule has 0 aliphatic carbocycles. The predicted octanol–water partition coefficient (Wildman–Crippen LogP) is 4.17. The Hall–Kier alpha value is -2.55. The van der Waals surface area contributed by atoms with E-state index in [1.54, 1.807) is 6.08 Å². The molecule has 1 N–H and O–H groups in total. The van der Waals surface area contributed by atoms with Crippen LogP contribution in [0.4, 0.5) is 11.4 Å². The number of aryl methyl sites for hydroxylation is 2. The number of hydrogen-bond donors (Lipinski definition) is 1. The molecule has 0 saturated heterocycles. The van der Waals surface area contributed by atoms with Gasteiger partial charge in [-0.3, -0.25) is 0 Å². The molecule has 2 aromatic rings. The van der Waals surface area contributed by atoms with E-state index in [0.29, 0.717) is 0 Å². The number of carboxylic acids is 1. The smallest absolute Gasteiger partial charge is 0.328 e. The largest absolute Gasteiger partial charge is 0.478 e. The van der Waals surface area contributed by atoms with Crippen molar-refractivity contribution in [3.8, 4) is 0 Å². The zero-order chi connectivity index (χ0) is 15.4. The van der Waals surface area contributed by atoms with Crippen molar-refractivity contribution in [1.29, 1.82) is 0 Å². The first-order valence-electron chi connectivity index (χ1n) is 6.79. The van der Waals surface area contributed by atoms with Crippen LogP contribution in [-0.2, 0) is 4.79 Å². The Balaban J connectivity index is 2.28. The van der Waals surface area contributed by atoms with Gasteiger partial charge < -0.3 is 10.0 Å². The molecule has 0 fully saturated rings. The summed E-state index contributed by atoms with van der Waals surface area (Å²) in [5.74, 6) is -0.937. The van der Waals surface area contributed by atoms with Crippen molar-refractivity contribution in [3.05, 3.63) is 65.2 Å². The van der Waals surface area contributed by atoms with E-state index in [1.807, 2.05) is 32.2 Å². The van der Waals surface area contributed by atoms with Crippen LogP contribution in [-0.4, -0.2) is 18.1 Å². The topological polar surface area (TPSA) is 40.5 Å². The minimum atomic E-state index is -0.937. The van der Waals surface area contributed by atoms with Gasteiger partial charge in [0.05, 0.1) is 0 Å². The summed E-state index contributed by atoms with van der Waals surface area (Å²) in [7, 11) is 2.03. The monoisotopic (exact) mass is 281 g/mol. The second kappa shape index (κ2) is 6.27. The van der Waals surface area contributed by atoms with Crippen molar-refractivity contribution in [2.45, 2.75) is 13.8 Å². The molecule has 0 amide bonds. The number of aliphatic carboxylic acids is 1. The number of rotatable bonds is 4. The second-order valence-electron chi connectivity index (χ2n) is 5.11. The van der Waals surface area contributed by atoms with Crippen molar-refractivity contribution < 1.29 is 9.90 Å². The van der Waals surface area contributed by atoms with Crippen LogP contribution in [0, 0.1) is 13.8 Å². The van der Waals surface area contributed by atoms with E-state index >= 15 is 0 Å². The third-order valence-electron chi connectivity index (χ3n) is 3.42. The lowest BCUT2D eigenvalue weighted by Crippen LogP contribution is -2.10. The molecule has 0 aliphatic rings. The third kappa shape index (κ3) is 3.72. The van der Waals surface area contributed by atoms with Crippen LogP contribution in [0.3, 0.4) is 0 Å². The lowest BCUT2D eigenvalue weighted by atomic mass is 10.1. The van der Waals surface area contributed by atoms with Gasteiger partial charge in [0.1, 0.15) is 0 Å². The zero-order valence-corrected chi connectivity index (χ0v) is 12.5. The summed E-state index contributed by atoms with van der Waals surface area (Å²) in [6, 6.07) is 14.3. The summed E-state index contributed by atoms with van der Waals surface area (Å²) >= 11 is 0. The number of carboxylic acid groups (broad SMARTS) is 1. The van der Waals surface area contributed by atoms with Gasteiger partial charge in [0, 0.05) is 24.5 Å². The first-order chi connectivity index (χ1) is 9.97. The maximum Gasteiger partial charge on any atom is 0.328 e. The van der Waals surface area contributed by atoms with Crippen LogP contribution in [0.5, 0.6) is 0 Å². The Kier molecular flexibility index (Phi) is 4.43. The molecule has 3 heteroatoms. The molecular formula is C18H19NO2. The Morgan fingerprint density at radius 1 is 1.10 bits per heavy atom. The molecule has 2 rings (SSSR count). The molecule has 0 bridgehead atoms. The van der Waals surface area contributed by atoms with Crippen molar-refractivity contribution in [3.63, 3.8) is 0 Å². The van der Waals surface area contributed by atoms with Gasteiger partial charge in [0.15, 0.2) is 0 Å². The SMILES string of the molecule is Cc1ccc(N(C)c2ccc(C=CC(=O)O)cc2C)cc1. The van der Waals surface area contributed by atoms with Gasteiger partial charge in [-0.1, -0.05) is 23.8 Å². The fourth-order valence-electron chi connectivity index (χ4n) is 2.23. The molecule has 0 aromatic heterocycles. The molecule has 0 unspecified atom stereocenters. The molecule has 21 heavy (non-hydrogen) atoms. The van der Waals surface area contributed by atoms with E-state index in [4.69, 9.17) is 5.11 Å². The quantitative estimate of drug-likeness (QED) is 0.855. The summed E-state index contributed by atoms with van der Waals surface area (Å²) < 4.78 is 0. The molecule has 0 atom stereocenters. The highest BCUT2D eigenvalue weighted by Crippen LogP contribution is 2.27. The summed E-state index contributed by atoms with van der Waals surface area (Å²) in [6.45, 7) is 4.09. The molecule has 2 aromatic carbocycles. The minimum absolute atomic E-state index is 0.885. The number of benzene rings is 2. The van der Waals surface area contributed by atoms with E-state index in [0.717, 1.165) is 28.6 Å². The molecule has 0 radical (unpaired) electrons. The molecule has 3 nitrogen and oxygen atoms in total. The highest BCUT2D eigenvalue weighted by Gasteiger charge is 2.07. The highest BCUT2D eigenvalue weighted by molar-refractivity contribution is 5.85. The molecule has 0 saturated carbocycles. The van der Waals surface area contributed by atoms with Gasteiger partial charge >= 0.3 is 5.97 Å². The van der Waals surface area contributed by atoms with Crippen molar-refractivity contribution in [1.82, 2.24) is 0 Å². The van der Waals surface area contributed by atoms with Gasteiger partial charge in [-0.15, -0.1) is 0 Å². The van der Waals surface area contributed by atoms with Crippen molar-refractivity contribution in [2.24, 2.45) is 0 Å². The van der Waals surface area contributed by atoms with E-state index in [1.165, 1.54) is 5.56 Å². The molecule has 0 spiro atoms. The van der Waals surface area contributed by atoms with E-state index in [-0.39, 0.29) is 0 Å². The summed E-state index contributed by atoms with van der Waals surface area (Å²) in [5.41, 5.74) is 5.45. The second-order valence-corrected chi connectivity index (χ2v) is 5.11. The first kappa shape index (κ1) is 14.9. The average Bonchev–Trinajstić information content (AvgIpc) is 2.45. The van der Waals surface area contributed by atoms with Crippen LogP contribution >= 0.6 is 0 Å². The third-order valence-corrected chi connectivity index (χ3v) is 3.42. The zero-order valence-electron chi connectivity index (χ0n) is 12.5. The lowest BCUT2D eigenvalue weighted by Gasteiger charge is -2.22. The number of anilines is 2. The first-order valence-corrected chi connectivity index (χ1v) is 6.79. The summed E-state index contributed by atoms with van der Waals surface area (Å²) in [6.07, 6.45) is 2.75. The molecular weight excluding hydrogens is 262 g/mol. The van der Waals surface area contributed by atoms with Crippen LogP contribution in [0.1, 0.15) is 16.7 Å². The fraction of sp³-hybridized carbons (Fsp3) is 0.167. The normalized spacial score (nSPS) is 10.8. The Morgan fingerprint density at radius 3 is 2.33 bits per heavy atom. The lowest BCUT2D eigenvalue weighted by molar-refractivity contribution is -0.131. The summed E-state index contributed by atoms with van der Waals surface area (Å²) in [4.78, 5) is 12.7. The maximum absolute atomic E-state index is 10.6. The number of hydrogen-bond acceptors (Lipinski definition) is 2. The Bertz CT molecular complexity index is 672. The van der Waals surface area contributed by atoms with Gasteiger partial charge in [-0.2, -0.15) is 0 Å². The van der Waals surface area contributed by atoms with E-state index in [2.05, 4.69) is 36.1 Å². The van der Waals surface area contributed by atoms with E-state index < -0.39 is 5.97 Å². The number of nitrogens with zero attached hydrogens (tertiary/aromatic N) is 1. The molecule has 0 heterocycles. The Morgan fingerprint density at radius 2 is 1.76 bits per heavy atom. The maximum atomic E-state index is 10.6.